The quantitative estimate of drug-likeness (QED) is 0.512. The molecule has 0 bridgehead atoms. The lowest BCUT2D eigenvalue weighted by molar-refractivity contribution is -0.122. The van der Waals surface area contributed by atoms with Gasteiger partial charge in [-0.2, -0.15) is 0 Å². The molecule has 0 radical (unpaired) electrons. The number of amides is 1. The zero-order valence-electron chi connectivity index (χ0n) is 11.3. The Hall–Kier alpha value is -2.19. The zero-order chi connectivity index (χ0) is 15.8. The molecule has 0 unspecified atom stereocenters. The summed E-state index contributed by atoms with van der Waals surface area (Å²) in [6, 6.07) is 4.39. The summed E-state index contributed by atoms with van der Waals surface area (Å²) in [6.07, 6.45) is -0.163. The van der Waals surface area contributed by atoms with Crippen molar-refractivity contribution in [1.82, 2.24) is 9.88 Å². The second-order valence-electron chi connectivity index (χ2n) is 4.58. The fourth-order valence-electron chi connectivity index (χ4n) is 2.12. The average molecular weight is 298 g/mol. The molecule has 0 spiro atoms. The Bertz CT molecular complexity index is 529. The molecule has 2 rings (SSSR count). The summed E-state index contributed by atoms with van der Waals surface area (Å²) < 4.78 is 0. The van der Waals surface area contributed by atoms with Crippen LogP contribution in [0.4, 0.5) is 0 Å². The molecular formula is C13H18N2O6. The Morgan fingerprint density at radius 1 is 1.48 bits per heavy atom. The van der Waals surface area contributed by atoms with Gasteiger partial charge in [0.05, 0.1) is 6.10 Å². The third kappa shape index (κ3) is 4.69. The van der Waals surface area contributed by atoms with Gasteiger partial charge < -0.3 is 25.2 Å². The molecule has 1 aromatic heterocycles. The molecular weight excluding hydrogens is 280 g/mol. The first-order chi connectivity index (χ1) is 10.0. The van der Waals surface area contributed by atoms with E-state index in [9.17, 15) is 14.7 Å². The van der Waals surface area contributed by atoms with E-state index in [1.54, 1.807) is 0 Å². The van der Waals surface area contributed by atoms with Crippen molar-refractivity contribution in [1.29, 1.82) is 0 Å². The molecule has 4 N–H and O–H groups in total. The minimum absolute atomic E-state index is 0.0780. The van der Waals surface area contributed by atoms with Crippen LogP contribution in [-0.4, -0.2) is 63.4 Å². The number of carboxylic acid groups (broad SMARTS) is 1. The van der Waals surface area contributed by atoms with Crippen LogP contribution in [-0.2, 0) is 4.79 Å². The highest BCUT2D eigenvalue weighted by molar-refractivity contribution is 5.92. The van der Waals surface area contributed by atoms with Gasteiger partial charge in [0.25, 0.3) is 12.4 Å². The molecule has 0 aromatic carbocycles. The van der Waals surface area contributed by atoms with Gasteiger partial charge in [0.1, 0.15) is 5.69 Å². The number of carbonyl (C=O) groups excluding carboxylic acids is 1. The first kappa shape index (κ1) is 16.9. The smallest absolute Gasteiger partial charge is 0.290 e. The van der Waals surface area contributed by atoms with E-state index in [4.69, 9.17) is 15.0 Å². The number of nitrogens with one attached hydrogen (secondary N) is 1. The van der Waals surface area contributed by atoms with E-state index >= 15 is 0 Å². The second-order valence-corrected chi connectivity index (χ2v) is 4.58. The third-order valence-corrected chi connectivity index (χ3v) is 3.24. The Balaban J connectivity index is 0.000000677. The maximum atomic E-state index is 12.1. The summed E-state index contributed by atoms with van der Waals surface area (Å²) in [6.45, 7) is 0.324. The Morgan fingerprint density at radius 2 is 2.14 bits per heavy atom. The molecule has 1 amide bonds. The van der Waals surface area contributed by atoms with E-state index in [2.05, 4.69) is 4.98 Å². The van der Waals surface area contributed by atoms with Crippen molar-refractivity contribution in [2.45, 2.75) is 12.5 Å². The number of pyridine rings is 1. The average Bonchev–Trinajstić information content (AvgIpc) is 2.47. The number of carbonyl (C=O) groups is 2. The molecule has 2 heterocycles. The second kappa shape index (κ2) is 8.18. The fourth-order valence-corrected chi connectivity index (χ4v) is 2.12. The highest BCUT2D eigenvalue weighted by Gasteiger charge is 2.30. The van der Waals surface area contributed by atoms with Crippen molar-refractivity contribution in [3.8, 4) is 0 Å². The number of likely N-dealkylation sites (tertiary alicyclic amines) is 1. The first-order valence-electron chi connectivity index (χ1n) is 6.38. The molecule has 1 saturated heterocycles. The molecule has 2 atom stereocenters. The number of H-pyrrole nitrogens is 1. The molecule has 1 fully saturated rings. The van der Waals surface area contributed by atoms with E-state index in [0.29, 0.717) is 13.0 Å². The number of aliphatic hydroxyl groups is 2. The maximum absolute atomic E-state index is 12.1. The molecule has 8 heteroatoms. The van der Waals surface area contributed by atoms with E-state index in [0.717, 1.165) is 0 Å². The van der Waals surface area contributed by atoms with Crippen molar-refractivity contribution >= 4 is 12.4 Å². The first-order valence-corrected chi connectivity index (χ1v) is 6.38. The Labute approximate surface area is 120 Å². The summed E-state index contributed by atoms with van der Waals surface area (Å²) in [4.78, 5) is 35.5. The lowest BCUT2D eigenvalue weighted by atomic mass is 9.94. The summed E-state index contributed by atoms with van der Waals surface area (Å²) in [5.41, 5.74) is -0.108. The van der Waals surface area contributed by atoms with Gasteiger partial charge in [-0.15, -0.1) is 0 Å². The predicted octanol–water partition coefficient (Wildman–Crippen LogP) is -1.11. The Morgan fingerprint density at radius 3 is 2.67 bits per heavy atom. The normalized spacial score (nSPS) is 21.1. The minimum atomic E-state index is -0.719. The van der Waals surface area contributed by atoms with Gasteiger partial charge in [-0.25, -0.2) is 0 Å². The van der Waals surface area contributed by atoms with E-state index in [-0.39, 0.29) is 42.7 Å². The summed E-state index contributed by atoms with van der Waals surface area (Å²) in [5, 5.41) is 25.7. The van der Waals surface area contributed by atoms with Crippen LogP contribution in [0.25, 0.3) is 0 Å². The number of hydrogen-bond donors (Lipinski definition) is 4. The number of rotatable bonds is 2. The van der Waals surface area contributed by atoms with Crippen molar-refractivity contribution in [2.75, 3.05) is 19.7 Å². The SMILES string of the molecule is O=C(c1cccc(=O)[nH]1)N1CC[C@H](CO)[C@H](O)C1.O=CO. The van der Waals surface area contributed by atoms with Crippen molar-refractivity contribution in [3.63, 3.8) is 0 Å². The zero-order valence-corrected chi connectivity index (χ0v) is 11.3. The van der Waals surface area contributed by atoms with E-state index in [1.807, 2.05) is 0 Å². The van der Waals surface area contributed by atoms with Crippen LogP contribution in [0.1, 0.15) is 16.9 Å². The Kier molecular flexibility index (Phi) is 6.57. The van der Waals surface area contributed by atoms with Crippen LogP contribution in [0.15, 0.2) is 23.0 Å². The molecule has 1 aliphatic rings. The van der Waals surface area contributed by atoms with Crippen LogP contribution < -0.4 is 5.56 Å². The van der Waals surface area contributed by atoms with Gasteiger partial charge in [0.15, 0.2) is 0 Å². The van der Waals surface area contributed by atoms with Gasteiger partial charge in [-0.3, -0.25) is 14.4 Å². The monoisotopic (exact) mass is 298 g/mol. The molecule has 1 aromatic rings. The lowest BCUT2D eigenvalue weighted by Crippen LogP contribution is -2.47. The van der Waals surface area contributed by atoms with Crippen LogP contribution in [0.3, 0.4) is 0 Å². The summed E-state index contributed by atoms with van der Waals surface area (Å²) >= 11 is 0. The highest BCUT2D eigenvalue weighted by Crippen LogP contribution is 2.18. The van der Waals surface area contributed by atoms with Gasteiger partial charge in [0.2, 0.25) is 5.56 Å². The van der Waals surface area contributed by atoms with Crippen LogP contribution in [0.5, 0.6) is 0 Å². The minimum Gasteiger partial charge on any atom is -0.483 e. The number of β-amino-alcohol motifs (C(OH)–C–C–N with tert-alkyl or cyclic N) is 1. The molecule has 21 heavy (non-hydrogen) atoms. The number of aromatic nitrogens is 1. The summed E-state index contributed by atoms with van der Waals surface area (Å²) in [5.74, 6) is -0.480. The van der Waals surface area contributed by atoms with Gasteiger partial charge in [0, 0.05) is 31.7 Å². The van der Waals surface area contributed by atoms with E-state index in [1.165, 1.54) is 23.1 Å². The molecule has 8 nitrogen and oxygen atoms in total. The number of piperidine rings is 1. The number of aromatic amines is 1. The largest absolute Gasteiger partial charge is 0.483 e. The van der Waals surface area contributed by atoms with Crippen molar-refractivity contribution in [2.24, 2.45) is 5.92 Å². The summed E-state index contributed by atoms with van der Waals surface area (Å²) in [7, 11) is 0. The molecule has 0 aliphatic carbocycles. The predicted molar refractivity (Wildman–Crippen MR) is 72.9 cm³/mol. The van der Waals surface area contributed by atoms with Crippen molar-refractivity contribution in [3.05, 3.63) is 34.2 Å². The molecule has 0 saturated carbocycles. The van der Waals surface area contributed by atoms with Gasteiger partial charge in [-0.05, 0) is 12.5 Å². The maximum Gasteiger partial charge on any atom is 0.290 e. The molecule has 116 valence electrons. The van der Waals surface area contributed by atoms with E-state index < -0.39 is 6.10 Å². The van der Waals surface area contributed by atoms with Crippen molar-refractivity contribution < 1.29 is 24.9 Å². The van der Waals surface area contributed by atoms with Gasteiger partial charge in [-0.1, -0.05) is 6.07 Å². The lowest BCUT2D eigenvalue weighted by Gasteiger charge is -2.34. The third-order valence-electron chi connectivity index (χ3n) is 3.24. The fraction of sp³-hybridized carbons (Fsp3) is 0.462. The molecule has 1 aliphatic heterocycles. The standard InChI is InChI=1S/C12H16N2O4.CH2O2/c15-7-8-4-5-14(6-10(8)16)12(18)9-2-1-3-11(17)13-9;2-1-3/h1-3,8,10,15-16H,4-7H2,(H,13,17);1H,(H,2,3)/t8-,10-;/m1./s1. The number of nitrogens with zero attached hydrogens (tertiary/aromatic N) is 1. The number of hydrogen-bond acceptors (Lipinski definition) is 5. The van der Waals surface area contributed by atoms with Crippen LogP contribution in [0.2, 0.25) is 0 Å². The highest BCUT2D eigenvalue weighted by atomic mass is 16.3. The number of aliphatic hydroxyl groups excluding tert-OH is 2. The van der Waals surface area contributed by atoms with Crippen LogP contribution in [0, 0.1) is 5.92 Å². The topological polar surface area (TPSA) is 131 Å². The van der Waals surface area contributed by atoms with Gasteiger partial charge >= 0.3 is 0 Å². The van der Waals surface area contributed by atoms with Crippen LogP contribution >= 0.6 is 0 Å².